The number of carbonyl (C=O) groups is 4. The van der Waals surface area contributed by atoms with E-state index in [9.17, 15) is 19.2 Å². The van der Waals surface area contributed by atoms with Crippen molar-refractivity contribution >= 4 is 35.3 Å². The van der Waals surface area contributed by atoms with Gasteiger partial charge in [0.15, 0.2) is 6.61 Å². The molecule has 29 heavy (non-hydrogen) atoms. The Morgan fingerprint density at radius 3 is 2.31 bits per heavy atom. The molecule has 1 aromatic rings. The summed E-state index contributed by atoms with van der Waals surface area (Å²) in [5, 5.41) is 5.60. The van der Waals surface area contributed by atoms with Crippen molar-refractivity contribution in [3.8, 4) is 0 Å². The third-order valence-corrected chi connectivity index (χ3v) is 4.70. The van der Waals surface area contributed by atoms with E-state index < -0.39 is 18.5 Å². The summed E-state index contributed by atoms with van der Waals surface area (Å²) in [6.45, 7) is 3.90. The highest BCUT2D eigenvalue weighted by atomic mass is 35.5. The zero-order valence-corrected chi connectivity index (χ0v) is 17.3. The minimum Gasteiger partial charge on any atom is -0.455 e. The Morgan fingerprint density at radius 1 is 1.10 bits per heavy atom. The lowest BCUT2D eigenvalue weighted by atomic mass is 9.96. The molecule has 0 bridgehead atoms. The number of amides is 3. The minimum absolute atomic E-state index is 0.0188. The number of ether oxygens (including phenoxy) is 1. The lowest BCUT2D eigenvalue weighted by Crippen LogP contribution is -2.42. The first kappa shape index (κ1) is 22.7. The molecule has 0 atom stereocenters. The number of hydrogen-bond donors (Lipinski definition) is 2. The molecule has 9 heteroatoms. The molecule has 1 saturated heterocycles. The van der Waals surface area contributed by atoms with Crippen molar-refractivity contribution in [2.45, 2.75) is 32.7 Å². The van der Waals surface area contributed by atoms with Gasteiger partial charge in [0.05, 0.1) is 12.5 Å². The number of nitrogens with one attached hydrogen (secondary N) is 2. The van der Waals surface area contributed by atoms with Crippen molar-refractivity contribution in [3.63, 3.8) is 0 Å². The standard InChI is InChI=1S/C20H26ClN3O5/c1-13(2)23-17(25)11-22-18(26)12-29-20(28)15-7-9-24(10-8-15)19(27)14-3-5-16(21)6-4-14/h3-6,13,15H,7-12H2,1-2H3,(H,22,26)(H,23,25). The fraction of sp³-hybridized carbons (Fsp3) is 0.500. The van der Waals surface area contributed by atoms with Crippen LogP contribution >= 0.6 is 11.6 Å². The second-order valence-corrected chi connectivity index (χ2v) is 7.62. The molecule has 3 amide bonds. The topological polar surface area (TPSA) is 105 Å². The van der Waals surface area contributed by atoms with Crippen LogP contribution in [0.15, 0.2) is 24.3 Å². The normalized spacial score (nSPS) is 14.4. The molecule has 8 nitrogen and oxygen atoms in total. The molecular formula is C20H26ClN3O5. The highest BCUT2D eigenvalue weighted by molar-refractivity contribution is 6.30. The molecule has 1 aromatic carbocycles. The van der Waals surface area contributed by atoms with E-state index in [-0.39, 0.29) is 30.3 Å². The van der Waals surface area contributed by atoms with Crippen LogP contribution in [0.2, 0.25) is 5.02 Å². The third kappa shape index (κ3) is 7.38. The van der Waals surface area contributed by atoms with Gasteiger partial charge in [0.25, 0.3) is 11.8 Å². The van der Waals surface area contributed by atoms with Crippen LogP contribution in [0.3, 0.4) is 0 Å². The Bertz CT molecular complexity index is 743. The largest absolute Gasteiger partial charge is 0.455 e. The lowest BCUT2D eigenvalue weighted by Gasteiger charge is -2.31. The summed E-state index contributed by atoms with van der Waals surface area (Å²) in [4.78, 5) is 49.5. The third-order valence-electron chi connectivity index (χ3n) is 4.45. The maximum atomic E-state index is 12.5. The summed E-state index contributed by atoms with van der Waals surface area (Å²) < 4.78 is 5.05. The van der Waals surface area contributed by atoms with Crippen molar-refractivity contribution in [3.05, 3.63) is 34.9 Å². The van der Waals surface area contributed by atoms with Crippen LogP contribution in [0.5, 0.6) is 0 Å². The van der Waals surface area contributed by atoms with E-state index in [1.807, 2.05) is 13.8 Å². The van der Waals surface area contributed by atoms with Crippen molar-refractivity contribution in [2.24, 2.45) is 5.92 Å². The summed E-state index contributed by atoms with van der Waals surface area (Å²) in [5.74, 6) is -1.77. The van der Waals surface area contributed by atoms with Crippen molar-refractivity contribution < 1.29 is 23.9 Å². The molecule has 1 aliphatic heterocycles. The van der Waals surface area contributed by atoms with Gasteiger partial charge in [-0.3, -0.25) is 19.2 Å². The average Bonchev–Trinajstić information content (AvgIpc) is 2.70. The molecule has 0 aliphatic carbocycles. The molecule has 158 valence electrons. The molecule has 0 unspecified atom stereocenters. The summed E-state index contributed by atoms with van der Waals surface area (Å²) in [6, 6.07) is 6.65. The number of carbonyl (C=O) groups excluding carboxylic acids is 4. The molecule has 1 fully saturated rings. The molecular weight excluding hydrogens is 398 g/mol. The first-order chi connectivity index (χ1) is 13.8. The number of rotatable bonds is 7. The monoisotopic (exact) mass is 423 g/mol. The zero-order chi connectivity index (χ0) is 21.4. The van der Waals surface area contributed by atoms with Gasteiger partial charge in [-0.2, -0.15) is 0 Å². The molecule has 2 N–H and O–H groups in total. The number of benzene rings is 1. The molecule has 1 heterocycles. The van der Waals surface area contributed by atoms with Crippen molar-refractivity contribution in [2.75, 3.05) is 26.2 Å². The Hall–Kier alpha value is -2.61. The van der Waals surface area contributed by atoms with Gasteiger partial charge in [-0.15, -0.1) is 0 Å². The van der Waals surface area contributed by atoms with E-state index in [2.05, 4.69) is 10.6 Å². The highest BCUT2D eigenvalue weighted by Crippen LogP contribution is 2.21. The Kier molecular flexibility index (Phi) is 8.45. The first-order valence-corrected chi connectivity index (χ1v) is 9.91. The molecule has 0 saturated carbocycles. The molecule has 0 spiro atoms. The Morgan fingerprint density at radius 2 is 1.72 bits per heavy atom. The first-order valence-electron chi connectivity index (χ1n) is 9.53. The quantitative estimate of drug-likeness (QED) is 0.644. The zero-order valence-electron chi connectivity index (χ0n) is 16.6. The fourth-order valence-electron chi connectivity index (χ4n) is 2.95. The van der Waals surface area contributed by atoms with Gasteiger partial charge in [-0.25, -0.2) is 0 Å². The van der Waals surface area contributed by atoms with Gasteiger partial charge in [0, 0.05) is 29.7 Å². The van der Waals surface area contributed by atoms with E-state index in [0.29, 0.717) is 36.5 Å². The van der Waals surface area contributed by atoms with Crippen LogP contribution < -0.4 is 10.6 Å². The predicted octanol–water partition coefficient (Wildman–Crippen LogP) is 1.38. The second kappa shape index (κ2) is 10.8. The SMILES string of the molecule is CC(C)NC(=O)CNC(=O)COC(=O)C1CCN(C(=O)c2ccc(Cl)cc2)CC1. The summed E-state index contributed by atoms with van der Waals surface area (Å²) in [5.41, 5.74) is 0.550. The van der Waals surface area contributed by atoms with Gasteiger partial charge in [-0.05, 0) is 51.0 Å². The number of esters is 1. The van der Waals surface area contributed by atoms with Gasteiger partial charge in [-0.1, -0.05) is 11.6 Å². The number of halogens is 1. The van der Waals surface area contributed by atoms with Crippen LogP contribution in [0.25, 0.3) is 0 Å². The number of nitrogens with zero attached hydrogens (tertiary/aromatic N) is 1. The minimum atomic E-state index is -0.535. The average molecular weight is 424 g/mol. The van der Waals surface area contributed by atoms with Gasteiger partial charge in [0.2, 0.25) is 5.91 Å². The summed E-state index contributed by atoms with van der Waals surface area (Å²) in [7, 11) is 0. The van der Waals surface area contributed by atoms with E-state index in [1.54, 1.807) is 29.2 Å². The van der Waals surface area contributed by atoms with Gasteiger partial charge < -0.3 is 20.3 Å². The van der Waals surface area contributed by atoms with E-state index in [1.165, 1.54) is 0 Å². The number of likely N-dealkylation sites (tertiary alicyclic amines) is 1. The molecule has 2 rings (SSSR count). The van der Waals surface area contributed by atoms with Crippen LogP contribution in [-0.2, 0) is 19.1 Å². The predicted molar refractivity (Wildman–Crippen MR) is 107 cm³/mol. The van der Waals surface area contributed by atoms with Crippen LogP contribution in [0.4, 0.5) is 0 Å². The number of piperidine rings is 1. The van der Waals surface area contributed by atoms with E-state index >= 15 is 0 Å². The maximum absolute atomic E-state index is 12.5. The van der Waals surface area contributed by atoms with Crippen LogP contribution in [0.1, 0.15) is 37.0 Å². The summed E-state index contributed by atoms with van der Waals surface area (Å²) >= 11 is 5.84. The maximum Gasteiger partial charge on any atom is 0.309 e. The van der Waals surface area contributed by atoms with E-state index in [0.717, 1.165) is 0 Å². The Labute approximate surface area is 174 Å². The molecule has 0 aromatic heterocycles. The summed E-state index contributed by atoms with van der Waals surface area (Å²) in [6.07, 6.45) is 0.938. The smallest absolute Gasteiger partial charge is 0.309 e. The number of hydrogen-bond acceptors (Lipinski definition) is 5. The van der Waals surface area contributed by atoms with Gasteiger partial charge in [0.1, 0.15) is 0 Å². The van der Waals surface area contributed by atoms with Crippen molar-refractivity contribution in [1.29, 1.82) is 0 Å². The Balaban J connectivity index is 1.70. The fourth-order valence-corrected chi connectivity index (χ4v) is 3.08. The highest BCUT2D eigenvalue weighted by Gasteiger charge is 2.29. The van der Waals surface area contributed by atoms with E-state index in [4.69, 9.17) is 16.3 Å². The van der Waals surface area contributed by atoms with Crippen LogP contribution in [-0.4, -0.2) is 60.9 Å². The lowest BCUT2D eigenvalue weighted by molar-refractivity contribution is -0.153. The van der Waals surface area contributed by atoms with Crippen LogP contribution in [0, 0.1) is 5.92 Å². The van der Waals surface area contributed by atoms with Gasteiger partial charge >= 0.3 is 5.97 Å². The second-order valence-electron chi connectivity index (χ2n) is 7.18. The molecule has 1 aliphatic rings. The molecule has 0 radical (unpaired) electrons. The van der Waals surface area contributed by atoms with Crippen molar-refractivity contribution in [1.82, 2.24) is 15.5 Å².